The summed E-state index contributed by atoms with van der Waals surface area (Å²) in [5.74, 6) is 0. The van der Waals surface area contributed by atoms with Crippen LogP contribution in [0.15, 0.2) is 24.3 Å². The normalized spacial score (nSPS) is 10.8. The Bertz CT molecular complexity index is 485. The largest absolute Gasteiger partial charge is 0.330 e. The molecule has 0 fully saturated rings. The molecule has 2 N–H and O–H groups in total. The molecule has 1 aromatic carbocycles. The summed E-state index contributed by atoms with van der Waals surface area (Å²) in [6.45, 7) is 4.97. The number of nitrogens with two attached hydrogens (primary N) is 1. The molecule has 0 spiro atoms. The number of hydrogen-bond donors (Lipinski definition) is 1. The van der Waals surface area contributed by atoms with Crippen molar-refractivity contribution < 1.29 is 0 Å². The minimum atomic E-state index is 0.735. The Morgan fingerprint density at radius 3 is 2.53 bits per heavy atom. The highest BCUT2D eigenvalue weighted by molar-refractivity contribution is 7.12. The van der Waals surface area contributed by atoms with E-state index in [0.29, 0.717) is 0 Å². The molecule has 2 nitrogen and oxygen atoms in total. The van der Waals surface area contributed by atoms with Gasteiger partial charge < -0.3 is 5.73 Å². The standard InChI is InChI=1S/C14H18N2S/c1-10-5-7-12(8-6-10)14-11(2)17-13(16-14)4-3-9-15/h5-8H,3-4,9,15H2,1-2H3. The highest BCUT2D eigenvalue weighted by atomic mass is 32.1. The van der Waals surface area contributed by atoms with Crippen LogP contribution in [0.25, 0.3) is 11.3 Å². The summed E-state index contributed by atoms with van der Waals surface area (Å²) in [5.41, 5.74) is 9.15. The van der Waals surface area contributed by atoms with Crippen molar-refractivity contribution in [3.05, 3.63) is 39.7 Å². The van der Waals surface area contributed by atoms with Crippen molar-refractivity contribution in [3.63, 3.8) is 0 Å². The van der Waals surface area contributed by atoms with E-state index in [1.807, 2.05) is 0 Å². The maximum atomic E-state index is 5.53. The molecule has 1 aromatic heterocycles. The van der Waals surface area contributed by atoms with E-state index >= 15 is 0 Å². The van der Waals surface area contributed by atoms with Gasteiger partial charge >= 0.3 is 0 Å². The third-order valence-electron chi connectivity index (χ3n) is 2.76. The predicted molar refractivity (Wildman–Crippen MR) is 74.4 cm³/mol. The maximum Gasteiger partial charge on any atom is 0.0935 e. The van der Waals surface area contributed by atoms with Crippen LogP contribution < -0.4 is 5.73 Å². The summed E-state index contributed by atoms with van der Waals surface area (Å²) in [4.78, 5) is 6.00. The van der Waals surface area contributed by atoms with Crippen LogP contribution in [-0.2, 0) is 6.42 Å². The number of rotatable bonds is 4. The average Bonchev–Trinajstić information content (AvgIpc) is 2.69. The fourth-order valence-corrected chi connectivity index (χ4v) is 2.79. The SMILES string of the molecule is Cc1ccc(-c2nc(CCCN)sc2C)cc1. The third-order valence-corrected chi connectivity index (χ3v) is 3.79. The van der Waals surface area contributed by atoms with Gasteiger partial charge in [0.05, 0.1) is 10.7 Å². The molecule has 0 saturated heterocycles. The first-order valence-electron chi connectivity index (χ1n) is 5.94. The molecular weight excluding hydrogens is 228 g/mol. The molecule has 2 aromatic rings. The molecule has 90 valence electrons. The first-order valence-corrected chi connectivity index (χ1v) is 6.76. The van der Waals surface area contributed by atoms with Gasteiger partial charge in [-0.2, -0.15) is 0 Å². The van der Waals surface area contributed by atoms with E-state index in [4.69, 9.17) is 10.7 Å². The first kappa shape index (κ1) is 12.3. The van der Waals surface area contributed by atoms with Gasteiger partial charge in [-0.05, 0) is 26.8 Å². The molecule has 1 heterocycles. The number of aryl methyl sites for hydroxylation is 3. The first-order chi connectivity index (χ1) is 8.20. The molecule has 0 bridgehead atoms. The highest BCUT2D eigenvalue weighted by Crippen LogP contribution is 2.28. The summed E-state index contributed by atoms with van der Waals surface area (Å²) in [5, 5.41) is 1.20. The zero-order valence-electron chi connectivity index (χ0n) is 10.4. The second-order valence-corrected chi connectivity index (χ2v) is 5.56. The lowest BCUT2D eigenvalue weighted by molar-refractivity contribution is 0.826. The monoisotopic (exact) mass is 246 g/mol. The molecule has 0 aliphatic heterocycles. The zero-order valence-corrected chi connectivity index (χ0v) is 11.2. The molecule has 17 heavy (non-hydrogen) atoms. The van der Waals surface area contributed by atoms with Gasteiger partial charge in [-0.1, -0.05) is 29.8 Å². The number of aromatic nitrogens is 1. The summed E-state index contributed by atoms with van der Waals surface area (Å²) < 4.78 is 0. The molecular formula is C14H18N2S. The Kier molecular flexibility index (Phi) is 3.92. The topological polar surface area (TPSA) is 38.9 Å². The van der Waals surface area contributed by atoms with Crippen molar-refractivity contribution in [3.8, 4) is 11.3 Å². The van der Waals surface area contributed by atoms with E-state index in [1.54, 1.807) is 11.3 Å². The van der Waals surface area contributed by atoms with Gasteiger partial charge in [-0.3, -0.25) is 0 Å². The van der Waals surface area contributed by atoms with Crippen LogP contribution in [0.5, 0.6) is 0 Å². The van der Waals surface area contributed by atoms with Gasteiger partial charge in [0, 0.05) is 16.9 Å². The van der Waals surface area contributed by atoms with Crippen molar-refractivity contribution in [2.24, 2.45) is 5.73 Å². The molecule has 3 heteroatoms. The second kappa shape index (κ2) is 5.43. The Morgan fingerprint density at radius 2 is 1.88 bits per heavy atom. The number of nitrogens with zero attached hydrogens (tertiary/aromatic N) is 1. The van der Waals surface area contributed by atoms with Crippen molar-refractivity contribution in [1.82, 2.24) is 4.98 Å². The molecule has 0 aliphatic carbocycles. The summed E-state index contributed by atoms with van der Waals surface area (Å²) in [6.07, 6.45) is 2.01. The van der Waals surface area contributed by atoms with Gasteiger partial charge in [0.2, 0.25) is 0 Å². The smallest absolute Gasteiger partial charge is 0.0935 e. The number of thiazole rings is 1. The van der Waals surface area contributed by atoms with Crippen LogP contribution in [0.1, 0.15) is 21.9 Å². The fraction of sp³-hybridized carbons (Fsp3) is 0.357. The molecule has 0 aliphatic rings. The molecule has 0 amide bonds. The van der Waals surface area contributed by atoms with Crippen LogP contribution in [0.4, 0.5) is 0 Å². The minimum Gasteiger partial charge on any atom is -0.330 e. The predicted octanol–water partition coefficient (Wildman–Crippen LogP) is 3.32. The van der Waals surface area contributed by atoms with Crippen LogP contribution in [0.3, 0.4) is 0 Å². The summed E-state index contributed by atoms with van der Waals surface area (Å²) >= 11 is 1.79. The van der Waals surface area contributed by atoms with Crippen LogP contribution in [-0.4, -0.2) is 11.5 Å². The Balaban J connectivity index is 2.26. The van der Waals surface area contributed by atoms with E-state index < -0.39 is 0 Å². The summed E-state index contributed by atoms with van der Waals surface area (Å²) in [7, 11) is 0. The van der Waals surface area contributed by atoms with E-state index in [2.05, 4.69) is 38.1 Å². The molecule has 0 saturated carbocycles. The van der Waals surface area contributed by atoms with Crippen molar-refractivity contribution in [2.75, 3.05) is 6.54 Å². The number of benzene rings is 1. The average molecular weight is 246 g/mol. The van der Waals surface area contributed by atoms with E-state index in [0.717, 1.165) is 25.1 Å². The lowest BCUT2D eigenvalue weighted by Crippen LogP contribution is -1.99. The van der Waals surface area contributed by atoms with Gasteiger partial charge in [-0.25, -0.2) is 4.98 Å². The number of hydrogen-bond acceptors (Lipinski definition) is 3. The summed E-state index contributed by atoms with van der Waals surface area (Å²) in [6, 6.07) is 8.55. The van der Waals surface area contributed by atoms with E-state index in [9.17, 15) is 0 Å². The second-order valence-electron chi connectivity index (χ2n) is 4.27. The highest BCUT2D eigenvalue weighted by Gasteiger charge is 2.09. The van der Waals surface area contributed by atoms with Crippen molar-refractivity contribution in [1.29, 1.82) is 0 Å². The fourth-order valence-electron chi connectivity index (χ4n) is 1.79. The van der Waals surface area contributed by atoms with Crippen LogP contribution in [0.2, 0.25) is 0 Å². The maximum absolute atomic E-state index is 5.53. The third kappa shape index (κ3) is 2.93. The lowest BCUT2D eigenvalue weighted by atomic mass is 10.1. The van der Waals surface area contributed by atoms with Crippen molar-refractivity contribution in [2.45, 2.75) is 26.7 Å². The Hall–Kier alpha value is -1.19. The Labute approximate surface area is 107 Å². The van der Waals surface area contributed by atoms with Crippen LogP contribution >= 0.6 is 11.3 Å². The van der Waals surface area contributed by atoms with E-state index in [-0.39, 0.29) is 0 Å². The van der Waals surface area contributed by atoms with Gasteiger partial charge in [-0.15, -0.1) is 11.3 Å². The molecule has 0 radical (unpaired) electrons. The molecule has 2 rings (SSSR count). The van der Waals surface area contributed by atoms with Gasteiger partial charge in [0.1, 0.15) is 0 Å². The quantitative estimate of drug-likeness (QED) is 0.898. The van der Waals surface area contributed by atoms with Crippen molar-refractivity contribution >= 4 is 11.3 Å². The lowest BCUT2D eigenvalue weighted by Gasteiger charge is -1.99. The zero-order chi connectivity index (χ0) is 12.3. The van der Waals surface area contributed by atoms with Gasteiger partial charge in [0.15, 0.2) is 0 Å². The minimum absolute atomic E-state index is 0.735. The Morgan fingerprint density at radius 1 is 1.18 bits per heavy atom. The van der Waals surface area contributed by atoms with Crippen LogP contribution in [0, 0.1) is 13.8 Å². The van der Waals surface area contributed by atoms with E-state index in [1.165, 1.54) is 21.0 Å². The van der Waals surface area contributed by atoms with Gasteiger partial charge in [0.25, 0.3) is 0 Å². The molecule has 0 atom stereocenters. The molecule has 0 unspecified atom stereocenters.